The van der Waals surface area contributed by atoms with Crippen molar-refractivity contribution in [2.75, 3.05) is 0 Å². The average molecular weight is 1190 g/mol. The first-order valence-corrected chi connectivity index (χ1v) is 37.8. The number of carbonyl (C=O) groups excluding carboxylic acids is 2. The summed E-state index contributed by atoms with van der Waals surface area (Å²) in [6.07, 6.45) is 11.9. The second-order valence-corrected chi connectivity index (χ2v) is 50.2. The molecule has 370 valence electrons. The van der Waals surface area contributed by atoms with Gasteiger partial charge in [-0.15, -0.1) is 0 Å². The van der Waals surface area contributed by atoms with Gasteiger partial charge < -0.3 is 0 Å². The summed E-state index contributed by atoms with van der Waals surface area (Å²) in [4.78, 5) is 34.8. The SMILES string of the molecule is O=C(C=Cc1ccccc1)[C](=Cc1ccccc1)[Pt]([C](=Cc1ccccc1)C(=O)C=Cc1ccccc1)([PH](c1ccccc1)(c1ccccc1)c1ccccc1)[PH](c1ccccc1)(c1ccccc1)c1ccccc1. The van der Waals surface area contributed by atoms with Crippen LogP contribution >= 0.6 is 10.7 Å². The summed E-state index contributed by atoms with van der Waals surface area (Å²) < 4.78 is 1.38. The zero-order valence-electron chi connectivity index (χ0n) is 41.5. The molecule has 0 N–H and O–H groups in total. The standard InChI is InChI=1S/2C18H15P.2C17H13O.Pt/c2*1-4-10-16(11-5-1)19(17-12-6-2-7-13-17)18-14-8-3-9-15-18;2*18-17(13-11-15-7-3-1-4-8-15)14-12-16-9-5-2-6-10-16;/h2*1-15H;2*1-13H;/q;;;;-2/p+2. The third kappa shape index (κ3) is 10.1. The van der Waals surface area contributed by atoms with Gasteiger partial charge in [0.15, 0.2) is 0 Å². The molecule has 10 rings (SSSR count). The van der Waals surface area contributed by atoms with Crippen LogP contribution in [-0.4, -0.2) is 11.6 Å². The van der Waals surface area contributed by atoms with Gasteiger partial charge in [-0.25, -0.2) is 0 Å². The fraction of sp³-hybridized carbons (Fsp3) is 0. The van der Waals surface area contributed by atoms with E-state index in [0.717, 1.165) is 54.1 Å². The van der Waals surface area contributed by atoms with Crippen LogP contribution in [0.2, 0.25) is 0 Å². The Morgan fingerprint density at radius 3 is 0.653 bits per heavy atom. The van der Waals surface area contributed by atoms with Crippen molar-refractivity contribution >= 4 is 78.4 Å². The molecule has 0 radical (unpaired) electrons. The van der Waals surface area contributed by atoms with Crippen molar-refractivity contribution in [1.82, 2.24) is 0 Å². The molecule has 0 atom stereocenters. The molecule has 0 heterocycles. The molecule has 0 aromatic heterocycles. The number of ketones is 2. The van der Waals surface area contributed by atoms with E-state index in [1.165, 1.54) is 0 Å². The third-order valence-electron chi connectivity index (χ3n) is 13.2. The molecule has 10 aromatic carbocycles. The Morgan fingerprint density at radius 1 is 0.253 bits per heavy atom. The van der Waals surface area contributed by atoms with Gasteiger partial charge in [0.05, 0.1) is 0 Å². The van der Waals surface area contributed by atoms with E-state index in [1.54, 1.807) is 12.2 Å². The Labute approximate surface area is 445 Å². The van der Waals surface area contributed by atoms with E-state index in [2.05, 4.69) is 218 Å². The monoisotopic (exact) mass is 1190 g/mol. The molecule has 0 aliphatic rings. The van der Waals surface area contributed by atoms with E-state index in [-0.39, 0.29) is 11.6 Å². The second kappa shape index (κ2) is 23.9. The summed E-state index contributed by atoms with van der Waals surface area (Å²) >= 11 is -5.54. The van der Waals surface area contributed by atoms with E-state index in [1.807, 2.05) is 109 Å². The van der Waals surface area contributed by atoms with Crippen LogP contribution in [0.3, 0.4) is 0 Å². The van der Waals surface area contributed by atoms with Gasteiger partial charge in [-0.2, -0.15) is 0 Å². The van der Waals surface area contributed by atoms with Crippen LogP contribution in [0.4, 0.5) is 0 Å². The summed E-state index contributed by atoms with van der Waals surface area (Å²) in [6.45, 7) is 0. The first-order chi connectivity index (χ1) is 37.1. The van der Waals surface area contributed by atoms with Crippen molar-refractivity contribution in [3.63, 3.8) is 0 Å². The predicted octanol–water partition coefficient (Wildman–Crippen LogP) is 14.1. The molecule has 0 bridgehead atoms. The fourth-order valence-electron chi connectivity index (χ4n) is 10.1. The molecular formula is C70H58O2P2Pt. The molecular weight excluding hydrogens is 1130 g/mol. The minimum atomic E-state index is -5.54. The van der Waals surface area contributed by atoms with E-state index in [0.29, 0.717) is 7.93 Å². The minimum absolute atomic E-state index is 0.127. The van der Waals surface area contributed by atoms with Crippen molar-refractivity contribution in [1.29, 1.82) is 0 Å². The summed E-state index contributed by atoms with van der Waals surface area (Å²) in [7, 11) is 0. The second-order valence-electron chi connectivity index (χ2n) is 17.9. The molecule has 0 aliphatic heterocycles. The van der Waals surface area contributed by atoms with E-state index in [9.17, 15) is 0 Å². The summed E-state index contributed by atoms with van der Waals surface area (Å²) in [5, 5.41) is -1.40. The number of hydrogen-bond acceptors (Lipinski definition) is 2. The van der Waals surface area contributed by atoms with Gasteiger partial charge >= 0.3 is 449 Å². The first-order valence-electron chi connectivity index (χ1n) is 25.1. The van der Waals surface area contributed by atoms with Gasteiger partial charge in [0.2, 0.25) is 0 Å². The Morgan fingerprint density at radius 2 is 0.440 bits per heavy atom. The average Bonchev–Trinajstić information content (AvgIpc) is 3.54. The normalized spacial score (nSPS) is 13.9. The predicted molar refractivity (Wildman–Crippen MR) is 323 cm³/mol. The molecule has 5 heteroatoms. The van der Waals surface area contributed by atoms with Gasteiger partial charge in [-0.3, -0.25) is 0 Å². The Balaban J connectivity index is 1.60. The number of benzene rings is 10. The quantitative estimate of drug-likeness (QED) is 0.0634. The summed E-state index contributed by atoms with van der Waals surface area (Å²) in [5.41, 5.74) is 3.56. The molecule has 2 nitrogen and oxygen atoms in total. The molecule has 0 spiro atoms. The van der Waals surface area contributed by atoms with Gasteiger partial charge in [-0.05, 0) is 0 Å². The maximum atomic E-state index is 17.4. The van der Waals surface area contributed by atoms with E-state index < -0.39 is 25.8 Å². The van der Waals surface area contributed by atoms with Crippen LogP contribution in [0.1, 0.15) is 22.3 Å². The fourth-order valence-corrected chi connectivity index (χ4v) is 88.9. The summed E-state index contributed by atoms with van der Waals surface area (Å²) in [6, 6.07) is 107. The van der Waals surface area contributed by atoms with Crippen molar-refractivity contribution in [3.05, 3.63) is 346 Å². The molecule has 0 amide bonds. The zero-order chi connectivity index (χ0) is 51.2. The van der Waals surface area contributed by atoms with E-state index in [4.69, 9.17) is 0 Å². The molecule has 10 aromatic rings. The molecule has 0 saturated heterocycles. The number of allylic oxidation sites excluding steroid dienone is 4. The Hall–Kier alpha value is -7.95. The van der Waals surface area contributed by atoms with Crippen LogP contribution < -0.4 is 31.8 Å². The van der Waals surface area contributed by atoms with Crippen molar-refractivity contribution in [2.45, 2.75) is 0 Å². The number of rotatable bonds is 18. The van der Waals surface area contributed by atoms with Crippen LogP contribution in [0, 0.1) is 0 Å². The van der Waals surface area contributed by atoms with Gasteiger partial charge in [0, 0.05) is 0 Å². The number of carbonyl (C=O) groups is 2. The molecule has 0 unspecified atom stereocenters. The van der Waals surface area contributed by atoms with Crippen LogP contribution in [0.15, 0.2) is 323 Å². The number of hydrogen-bond donors (Lipinski definition) is 0. The Kier molecular flexibility index (Phi) is 16.1. The topological polar surface area (TPSA) is 34.1 Å². The van der Waals surface area contributed by atoms with Crippen molar-refractivity contribution < 1.29 is 24.6 Å². The first kappa shape index (κ1) is 50.6. The van der Waals surface area contributed by atoms with Gasteiger partial charge in [-0.1, -0.05) is 0 Å². The molecule has 0 aliphatic carbocycles. The van der Waals surface area contributed by atoms with Gasteiger partial charge in [0.25, 0.3) is 0 Å². The molecule has 0 saturated carbocycles. The maximum absolute atomic E-state index is 17.4. The molecule has 75 heavy (non-hydrogen) atoms. The van der Waals surface area contributed by atoms with Crippen molar-refractivity contribution in [3.8, 4) is 0 Å². The van der Waals surface area contributed by atoms with Gasteiger partial charge in [0.1, 0.15) is 0 Å². The zero-order valence-corrected chi connectivity index (χ0v) is 45.7. The van der Waals surface area contributed by atoms with Crippen LogP contribution in [0.25, 0.3) is 24.3 Å². The van der Waals surface area contributed by atoms with Crippen molar-refractivity contribution in [2.24, 2.45) is 0 Å². The van der Waals surface area contributed by atoms with E-state index >= 15 is 9.59 Å². The molecule has 0 fully saturated rings. The third-order valence-corrected chi connectivity index (χ3v) is 71.0. The van der Waals surface area contributed by atoms with Crippen LogP contribution in [0.5, 0.6) is 0 Å². The summed E-state index contributed by atoms with van der Waals surface area (Å²) in [5.74, 6) is -0.255. The van der Waals surface area contributed by atoms with Crippen LogP contribution in [-0.2, 0) is 24.6 Å². The Bertz CT molecular complexity index is 3140.